The van der Waals surface area contributed by atoms with E-state index in [0.717, 1.165) is 28.1 Å². The lowest BCUT2D eigenvalue weighted by Crippen LogP contribution is -2.19. The van der Waals surface area contributed by atoms with E-state index < -0.39 is 0 Å². The average molecular weight is 367 g/mol. The first-order valence-electron chi connectivity index (χ1n) is 7.59. The molecule has 0 saturated heterocycles. The molecule has 0 aliphatic carbocycles. The maximum absolute atomic E-state index is 6.21. The lowest BCUT2D eigenvalue weighted by molar-refractivity contribution is 1.03. The van der Waals surface area contributed by atoms with E-state index in [4.69, 9.17) is 28.2 Å². The van der Waals surface area contributed by atoms with E-state index in [1.54, 1.807) is 12.4 Å². The summed E-state index contributed by atoms with van der Waals surface area (Å²) in [5.41, 5.74) is 7.20. The van der Waals surface area contributed by atoms with Gasteiger partial charge >= 0.3 is 0 Å². The number of amidine groups is 1. The quantitative estimate of drug-likeness (QED) is 0.706. The molecule has 0 spiro atoms. The Morgan fingerprint density at radius 1 is 0.840 bits per heavy atom. The Kier molecular flexibility index (Phi) is 4.22. The summed E-state index contributed by atoms with van der Waals surface area (Å²) in [6.45, 7) is 0. The molecular weight excluding hydrogens is 355 g/mol. The summed E-state index contributed by atoms with van der Waals surface area (Å²) in [5.74, 6) is 0.626. The molecule has 6 heteroatoms. The Balaban J connectivity index is 1.87. The first-order valence-corrected chi connectivity index (χ1v) is 8.35. The summed E-state index contributed by atoms with van der Waals surface area (Å²) >= 11 is 12.2. The molecule has 1 aliphatic rings. The van der Waals surface area contributed by atoms with Crippen LogP contribution in [0, 0.1) is 0 Å². The van der Waals surface area contributed by atoms with E-state index in [-0.39, 0.29) is 0 Å². The third-order valence-electron chi connectivity index (χ3n) is 3.77. The largest absolute Gasteiger partial charge is 0.264 e. The van der Waals surface area contributed by atoms with Crippen LogP contribution in [0.4, 0.5) is 5.69 Å². The van der Waals surface area contributed by atoms with Crippen LogP contribution in [0.2, 0.25) is 10.0 Å². The molecule has 0 fully saturated rings. The number of halogens is 2. The van der Waals surface area contributed by atoms with Crippen LogP contribution >= 0.6 is 23.2 Å². The Bertz CT molecular complexity index is 980. The highest BCUT2D eigenvalue weighted by molar-refractivity contribution is 6.32. The van der Waals surface area contributed by atoms with Gasteiger partial charge in [0.2, 0.25) is 0 Å². The van der Waals surface area contributed by atoms with Gasteiger partial charge in [0.25, 0.3) is 0 Å². The van der Waals surface area contributed by atoms with Crippen LogP contribution in [0.3, 0.4) is 0 Å². The number of nitrogens with one attached hydrogen (secondary N) is 1. The van der Waals surface area contributed by atoms with Crippen molar-refractivity contribution >= 4 is 40.4 Å². The highest BCUT2D eigenvalue weighted by Crippen LogP contribution is 2.28. The fourth-order valence-electron chi connectivity index (χ4n) is 2.57. The molecule has 0 unspecified atom stereocenters. The number of pyridine rings is 1. The van der Waals surface area contributed by atoms with Gasteiger partial charge in [-0.05, 0) is 42.5 Å². The molecule has 25 heavy (non-hydrogen) atoms. The van der Waals surface area contributed by atoms with Crippen molar-refractivity contribution in [3.8, 4) is 0 Å². The maximum atomic E-state index is 6.21. The second-order valence-corrected chi connectivity index (χ2v) is 6.32. The van der Waals surface area contributed by atoms with Crippen LogP contribution in [0.5, 0.6) is 0 Å². The van der Waals surface area contributed by atoms with Crippen molar-refractivity contribution in [2.75, 3.05) is 0 Å². The maximum Gasteiger partial charge on any atom is 0.155 e. The van der Waals surface area contributed by atoms with E-state index in [9.17, 15) is 0 Å². The van der Waals surface area contributed by atoms with Gasteiger partial charge < -0.3 is 0 Å². The van der Waals surface area contributed by atoms with Crippen LogP contribution in [-0.4, -0.2) is 16.5 Å². The normalized spacial score (nSPS) is 13.2. The molecule has 0 atom stereocenters. The summed E-state index contributed by atoms with van der Waals surface area (Å²) in [6, 6.07) is 16.8. The van der Waals surface area contributed by atoms with Crippen molar-refractivity contribution < 1.29 is 0 Å². The van der Waals surface area contributed by atoms with E-state index in [2.05, 4.69) is 15.5 Å². The molecule has 122 valence electrons. The zero-order valence-corrected chi connectivity index (χ0v) is 14.5. The van der Waals surface area contributed by atoms with Gasteiger partial charge in [-0.3, -0.25) is 10.4 Å². The Morgan fingerprint density at radius 2 is 1.64 bits per heavy atom. The van der Waals surface area contributed by atoms with Gasteiger partial charge in [-0.25, -0.2) is 4.99 Å². The molecule has 1 aromatic heterocycles. The van der Waals surface area contributed by atoms with Crippen LogP contribution in [0.25, 0.3) is 0 Å². The second kappa shape index (κ2) is 6.67. The molecule has 1 aliphatic heterocycles. The predicted octanol–water partition coefficient (Wildman–Crippen LogP) is 4.82. The third kappa shape index (κ3) is 3.27. The van der Waals surface area contributed by atoms with Gasteiger partial charge in [0, 0.05) is 39.1 Å². The van der Waals surface area contributed by atoms with E-state index in [0.29, 0.717) is 15.9 Å². The highest BCUT2D eigenvalue weighted by atomic mass is 35.5. The lowest BCUT2D eigenvalue weighted by atomic mass is 10.0. The number of hydrazone groups is 1. The number of aliphatic imine (C=N–C) groups is 1. The van der Waals surface area contributed by atoms with Crippen molar-refractivity contribution in [3.05, 3.63) is 93.7 Å². The molecule has 2 aromatic carbocycles. The van der Waals surface area contributed by atoms with Gasteiger partial charge in [-0.2, -0.15) is 5.10 Å². The van der Waals surface area contributed by atoms with E-state index in [1.165, 1.54) is 0 Å². The van der Waals surface area contributed by atoms with Gasteiger partial charge in [-0.15, -0.1) is 0 Å². The monoisotopic (exact) mass is 366 g/mol. The van der Waals surface area contributed by atoms with Crippen molar-refractivity contribution in [1.29, 1.82) is 0 Å². The molecular formula is C19H12Cl2N4. The van der Waals surface area contributed by atoms with Gasteiger partial charge in [0.05, 0.1) is 5.69 Å². The zero-order chi connectivity index (χ0) is 17.2. The lowest BCUT2D eigenvalue weighted by Gasteiger charge is -2.08. The van der Waals surface area contributed by atoms with Crippen molar-refractivity contribution in [3.63, 3.8) is 0 Å². The van der Waals surface area contributed by atoms with Crippen molar-refractivity contribution in [2.24, 2.45) is 10.1 Å². The summed E-state index contributed by atoms with van der Waals surface area (Å²) in [6.07, 6.45) is 3.46. The molecule has 1 N–H and O–H groups in total. The topological polar surface area (TPSA) is 49.6 Å². The van der Waals surface area contributed by atoms with Crippen molar-refractivity contribution in [2.45, 2.75) is 0 Å². The summed E-state index contributed by atoms with van der Waals surface area (Å²) in [5, 5.41) is 5.87. The minimum Gasteiger partial charge on any atom is -0.264 e. The predicted molar refractivity (Wildman–Crippen MR) is 102 cm³/mol. The van der Waals surface area contributed by atoms with Crippen LogP contribution in [0.1, 0.15) is 16.7 Å². The Morgan fingerprint density at radius 3 is 2.40 bits per heavy atom. The summed E-state index contributed by atoms with van der Waals surface area (Å²) in [7, 11) is 0. The van der Waals surface area contributed by atoms with Gasteiger partial charge in [-0.1, -0.05) is 35.3 Å². The van der Waals surface area contributed by atoms with Crippen molar-refractivity contribution in [1.82, 2.24) is 10.4 Å². The first kappa shape index (κ1) is 15.8. The molecule has 4 nitrogen and oxygen atoms in total. The number of rotatable bonds is 2. The minimum atomic E-state index is 0.625. The minimum absolute atomic E-state index is 0.625. The number of fused-ring (bicyclic) bond motifs is 1. The molecule has 0 radical (unpaired) electrons. The number of hydrogen-bond acceptors (Lipinski definition) is 4. The standard InChI is InChI=1S/C19H12Cl2N4/c20-14-5-3-12(4-6-14)18-16-10-15(21)7-8-17(16)23-19(25-24-18)13-2-1-9-22-11-13/h1-11H,(H,23,25). The highest BCUT2D eigenvalue weighted by Gasteiger charge is 2.17. The zero-order valence-electron chi connectivity index (χ0n) is 12.9. The van der Waals surface area contributed by atoms with Gasteiger partial charge in [0.15, 0.2) is 5.84 Å². The molecule has 3 aromatic rings. The number of hydrogen-bond donors (Lipinski definition) is 1. The average Bonchev–Trinajstić information content (AvgIpc) is 2.83. The number of benzene rings is 2. The SMILES string of the molecule is Clc1ccc(C2=NNC(c3cccnc3)=Nc3ccc(Cl)cc32)cc1. The molecule has 2 heterocycles. The Hall–Kier alpha value is -2.69. The molecule has 0 amide bonds. The summed E-state index contributed by atoms with van der Waals surface area (Å²) < 4.78 is 0. The van der Waals surface area contributed by atoms with Gasteiger partial charge in [0.1, 0.15) is 5.71 Å². The first-order chi connectivity index (χ1) is 12.2. The smallest absolute Gasteiger partial charge is 0.155 e. The fraction of sp³-hybridized carbons (Fsp3) is 0. The molecule has 0 saturated carbocycles. The van der Waals surface area contributed by atoms with Crippen LogP contribution in [-0.2, 0) is 0 Å². The van der Waals surface area contributed by atoms with Crippen LogP contribution < -0.4 is 5.43 Å². The van der Waals surface area contributed by atoms with Crippen LogP contribution in [0.15, 0.2) is 77.1 Å². The number of nitrogens with zero attached hydrogens (tertiary/aromatic N) is 3. The van der Waals surface area contributed by atoms with E-state index in [1.807, 2.05) is 54.6 Å². The summed E-state index contributed by atoms with van der Waals surface area (Å²) in [4.78, 5) is 8.85. The molecule has 4 rings (SSSR count). The molecule has 0 bridgehead atoms. The van der Waals surface area contributed by atoms with E-state index >= 15 is 0 Å². The Labute approximate surface area is 154 Å². The second-order valence-electron chi connectivity index (χ2n) is 5.44. The fourth-order valence-corrected chi connectivity index (χ4v) is 2.87. The number of aromatic nitrogens is 1. The third-order valence-corrected chi connectivity index (χ3v) is 4.26.